The Hall–Kier alpha value is -1.30. The van der Waals surface area contributed by atoms with Crippen LogP contribution in [0.1, 0.15) is 29.4 Å². The number of hydrogen-bond donors (Lipinski definition) is 3. The molecule has 2 rings (SSSR count). The molecule has 0 bridgehead atoms. The summed E-state index contributed by atoms with van der Waals surface area (Å²) in [4.78, 5) is 12.6. The predicted molar refractivity (Wildman–Crippen MR) is 84.5 cm³/mol. The lowest BCUT2D eigenvalue weighted by atomic mass is 10.2. The third-order valence-electron chi connectivity index (χ3n) is 2.99. The molecule has 20 heavy (non-hydrogen) atoms. The SMILES string of the molecule is CC(O)CCCNC(=O)c1sc2cccc(Cl)c2c1N. The van der Waals surface area contributed by atoms with Crippen LogP contribution in [0, 0.1) is 0 Å². The molecule has 0 fully saturated rings. The first-order chi connectivity index (χ1) is 9.50. The summed E-state index contributed by atoms with van der Waals surface area (Å²) in [5.74, 6) is -0.189. The molecule has 0 spiro atoms. The standard InChI is InChI=1S/C14H17ClN2O2S/c1-8(18)4-3-7-17-14(19)13-12(16)11-9(15)5-2-6-10(11)20-13/h2,5-6,8,18H,3-4,7,16H2,1H3,(H,17,19). The van der Waals surface area contributed by atoms with Gasteiger partial charge in [-0.15, -0.1) is 11.3 Å². The number of nitrogens with two attached hydrogens (primary N) is 1. The summed E-state index contributed by atoms with van der Waals surface area (Å²) in [6.07, 6.45) is 1.04. The summed E-state index contributed by atoms with van der Waals surface area (Å²) in [5, 5.41) is 13.3. The lowest BCUT2D eigenvalue weighted by Gasteiger charge is -2.06. The summed E-state index contributed by atoms with van der Waals surface area (Å²) in [5.41, 5.74) is 6.45. The first-order valence-corrected chi connectivity index (χ1v) is 7.63. The highest BCUT2D eigenvalue weighted by molar-refractivity contribution is 7.21. The van der Waals surface area contributed by atoms with E-state index in [2.05, 4.69) is 5.32 Å². The van der Waals surface area contributed by atoms with Crippen LogP contribution in [0.4, 0.5) is 5.69 Å². The Labute approximate surface area is 126 Å². The number of anilines is 1. The number of carbonyl (C=O) groups excluding carboxylic acids is 1. The third kappa shape index (κ3) is 3.23. The molecule has 0 aliphatic rings. The maximum absolute atomic E-state index is 12.1. The van der Waals surface area contributed by atoms with Gasteiger partial charge in [0.2, 0.25) is 0 Å². The molecule has 0 aliphatic carbocycles. The van der Waals surface area contributed by atoms with Crippen LogP contribution in [0.2, 0.25) is 5.02 Å². The Morgan fingerprint density at radius 1 is 1.55 bits per heavy atom. The van der Waals surface area contributed by atoms with Crippen molar-refractivity contribution < 1.29 is 9.90 Å². The van der Waals surface area contributed by atoms with Gasteiger partial charge in [-0.25, -0.2) is 0 Å². The normalized spacial score (nSPS) is 12.6. The summed E-state index contributed by atoms with van der Waals surface area (Å²) < 4.78 is 0.907. The van der Waals surface area contributed by atoms with Gasteiger partial charge in [0, 0.05) is 16.6 Å². The number of halogens is 1. The number of aliphatic hydroxyl groups is 1. The van der Waals surface area contributed by atoms with Gasteiger partial charge >= 0.3 is 0 Å². The molecule has 108 valence electrons. The number of nitrogens with one attached hydrogen (secondary N) is 1. The Bertz CT molecular complexity index is 625. The monoisotopic (exact) mass is 312 g/mol. The molecule has 1 unspecified atom stereocenters. The number of carbonyl (C=O) groups is 1. The minimum absolute atomic E-state index is 0.189. The molecule has 1 heterocycles. The van der Waals surface area contributed by atoms with Crippen LogP contribution in [0.25, 0.3) is 10.1 Å². The number of rotatable bonds is 5. The molecule has 6 heteroatoms. The van der Waals surface area contributed by atoms with Crippen molar-refractivity contribution in [1.82, 2.24) is 5.32 Å². The van der Waals surface area contributed by atoms with E-state index in [1.54, 1.807) is 13.0 Å². The van der Waals surface area contributed by atoms with Crippen molar-refractivity contribution in [3.63, 3.8) is 0 Å². The molecule has 0 radical (unpaired) electrons. The Morgan fingerprint density at radius 2 is 2.30 bits per heavy atom. The van der Waals surface area contributed by atoms with E-state index >= 15 is 0 Å². The van der Waals surface area contributed by atoms with Gasteiger partial charge in [-0.05, 0) is 31.9 Å². The zero-order chi connectivity index (χ0) is 14.7. The van der Waals surface area contributed by atoms with Gasteiger partial charge in [-0.3, -0.25) is 4.79 Å². The van der Waals surface area contributed by atoms with Gasteiger partial charge in [0.25, 0.3) is 5.91 Å². The number of fused-ring (bicyclic) bond motifs is 1. The maximum Gasteiger partial charge on any atom is 0.263 e. The highest BCUT2D eigenvalue weighted by atomic mass is 35.5. The van der Waals surface area contributed by atoms with Gasteiger partial charge in [-0.1, -0.05) is 17.7 Å². The first kappa shape index (κ1) is 15.1. The summed E-state index contributed by atoms with van der Waals surface area (Å²) >= 11 is 7.45. The number of benzene rings is 1. The van der Waals surface area contributed by atoms with Crippen molar-refractivity contribution in [3.05, 3.63) is 28.1 Å². The average Bonchev–Trinajstić information content (AvgIpc) is 2.73. The fourth-order valence-electron chi connectivity index (χ4n) is 1.98. The molecular weight excluding hydrogens is 296 g/mol. The van der Waals surface area contributed by atoms with E-state index in [0.717, 1.165) is 16.5 Å². The summed E-state index contributed by atoms with van der Waals surface area (Å²) in [7, 11) is 0. The largest absolute Gasteiger partial charge is 0.397 e. The smallest absolute Gasteiger partial charge is 0.263 e. The third-order valence-corrected chi connectivity index (χ3v) is 4.48. The number of amides is 1. The zero-order valence-corrected chi connectivity index (χ0v) is 12.7. The van der Waals surface area contributed by atoms with Crippen molar-refractivity contribution >= 4 is 44.6 Å². The second-order valence-electron chi connectivity index (χ2n) is 4.70. The number of hydrogen-bond acceptors (Lipinski definition) is 4. The van der Waals surface area contributed by atoms with E-state index in [0.29, 0.717) is 28.6 Å². The lowest BCUT2D eigenvalue weighted by molar-refractivity contribution is 0.0954. The molecule has 2 aromatic rings. The number of nitrogen functional groups attached to an aromatic ring is 1. The molecule has 4 N–H and O–H groups in total. The molecule has 1 aromatic heterocycles. The van der Waals surface area contributed by atoms with E-state index < -0.39 is 0 Å². The van der Waals surface area contributed by atoms with Gasteiger partial charge in [0.05, 0.1) is 16.8 Å². The van der Waals surface area contributed by atoms with Gasteiger partial charge in [0.1, 0.15) is 4.88 Å². The average molecular weight is 313 g/mol. The molecule has 0 saturated carbocycles. The maximum atomic E-state index is 12.1. The van der Waals surface area contributed by atoms with Crippen molar-refractivity contribution in [3.8, 4) is 0 Å². The summed E-state index contributed by atoms with van der Waals surface area (Å²) in [6.45, 7) is 2.25. The quantitative estimate of drug-likeness (QED) is 0.743. The lowest BCUT2D eigenvalue weighted by Crippen LogP contribution is -2.24. The molecule has 4 nitrogen and oxygen atoms in total. The van der Waals surface area contributed by atoms with Crippen LogP contribution in [0.3, 0.4) is 0 Å². The van der Waals surface area contributed by atoms with Gasteiger partial charge in [-0.2, -0.15) is 0 Å². The van der Waals surface area contributed by atoms with E-state index in [9.17, 15) is 4.79 Å². The zero-order valence-electron chi connectivity index (χ0n) is 11.1. The van der Waals surface area contributed by atoms with Crippen molar-refractivity contribution in [2.75, 3.05) is 12.3 Å². The van der Waals surface area contributed by atoms with Crippen molar-refractivity contribution in [2.24, 2.45) is 0 Å². The Kier molecular flexibility index (Phi) is 4.86. The highest BCUT2D eigenvalue weighted by Gasteiger charge is 2.17. The topological polar surface area (TPSA) is 75.3 Å². The van der Waals surface area contributed by atoms with Gasteiger partial charge < -0.3 is 16.2 Å². The van der Waals surface area contributed by atoms with Crippen LogP contribution >= 0.6 is 22.9 Å². The molecule has 0 saturated heterocycles. The van der Waals surface area contributed by atoms with E-state index in [-0.39, 0.29) is 12.0 Å². The molecule has 1 atom stereocenters. The van der Waals surface area contributed by atoms with Crippen LogP contribution < -0.4 is 11.1 Å². The number of thiophene rings is 1. The van der Waals surface area contributed by atoms with Crippen LogP contribution in [-0.2, 0) is 0 Å². The van der Waals surface area contributed by atoms with Crippen molar-refractivity contribution in [2.45, 2.75) is 25.9 Å². The van der Waals surface area contributed by atoms with Crippen LogP contribution in [0.5, 0.6) is 0 Å². The minimum Gasteiger partial charge on any atom is -0.397 e. The molecule has 1 aromatic carbocycles. The molecule has 0 aliphatic heterocycles. The Balaban J connectivity index is 2.11. The molecular formula is C14H17ClN2O2S. The second kappa shape index (κ2) is 6.43. The van der Waals surface area contributed by atoms with Crippen LogP contribution in [-0.4, -0.2) is 23.7 Å². The van der Waals surface area contributed by atoms with E-state index in [1.807, 2.05) is 12.1 Å². The fraction of sp³-hybridized carbons (Fsp3) is 0.357. The highest BCUT2D eigenvalue weighted by Crippen LogP contribution is 2.37. The Morgan fingerprint density at radius 3 is 2.95 bits per heavy atom. The first-order valence-electron chi connectivity index (χ1n) is 6.43. The second-order valence-corrected chi connectivity index (χ2v) is 6.16. The minimum atomic E-state index is -0.347. The van der Waals surface area contributed by atoms with Crippen molar-refractivity contribution in [1.29, 1.82) is 0 Å². The number of aliphatic hydroxyl groups excluding tert-OH is 1. The predicted octanol–water partition coefficient (Wildman–Crippen LogP) is 3.03. The molecule has 1 amide bonds. The van der Waals surface area contributed by atoms with Crippen LogP contribution in [0.15, 0.2) is 18.2 Å². The summed E-state index contributed by atoms with van der Waals surface area (Å²) in [6, 6.07) is 5.49. The van der Waals surface area contributed by atoms with Gasteiger partial charge in [0.15, 0.2) is 0 Å². The van der Waals surface area contributed by atoms with E-state index in [1.165, 1.54) is 11.3 Å². The fourth-order valence-corrected chi connectivity index (χ4v) is 3.38. The van der Waals surface area contributed by atoms with E-state index in [4.69, 9.17) is 22.4 Å².